The zero-order valence-electron chi connectivity index (χ0n) is 16.3. The van der Waals surface area contributed by atoms with Gasteiger partial charge in [-0.05, 0) is 69.6 Å². The second kappa shape index (κ2) is 8.91. The number of anilines is 1. The fourth-order valence-corrected chi connectivity index (χ4v) is 3.09. The topological polar surface area (TPSA) is 50.8 Å². The van der Waals surface area contributed by atoms with Crippen LogP contribution in [0.2, 0.25) is 0 Å². The largest absolute Gasteiger partial charge is 0.490 e. The second-order valence-electron chi connectivity index (χ2n) is 7.16. The highest BCUT2D eigenvalue weighted by atomic mass is 16.5. The van der Waals surface area contributed by atoms with E-state index in [0.29, 0.717) is 0 Å². The van der Waals surface area contributed by atoms with Gasteiger partial charge >= 0.3 is 0 Å². The number of nitrogens with zero attached hydrogens (tertiary/aromatic N) is 1. The lowest BCUT2D eigenvalue weighted by atomic mass is 10.1. The quantitative estimate of drug-likeness (QED) is 0.841. The van der Waals surface area contributed by atoms with Gasteiger partial charge in [-0.1, -0.05) is 18.2 Å². The highest BCUT2D eigenvalue weighted by molar-refractivity contribution is 5.94. The minimum absolute atomic E-state index is 0.178. The fraction of sp³-hybridized carbons (Fsp3) is 0.409. The van der Waals surface area contributed by atoms with Crippen LogP contribution in [-0.2, 0) is 4.79 Å². The molecule has 2 aromatic rings. The number of benzene rings is 2. The van der Waals surface area contributed by atoms with Crippen molar-refractivity contribution in [3.05, 3.63) is 54.1 Å². The summed E-state index contributed by atoms with van der Waals surface area (Å²) in [5.41, 5.74) is 1.74. The third kappa shape index (κ3) is 5.47. The molecule has 2 aromatic carbocycles. The highest BCUT2D eigenvalue weighted by Crippen LogP contribution is 2.22. The van der Waals surface area contributed by atoms with Gasteiger partial charge in [-0.3, -0.25) is 4.79 Å². The molecule has 1 saturated heterocycles. The number of carbonyl (C=O) groups excluding carboxylic acids is 1. The Labute approximate surface area is 161 Å². The van der Waals surface area contributed by atoms with E-state index in [4.69, 9.17) is 9.47 Å². The van der Waals surface area contributed by atoms with Gasteiger partial charge in [0.05, 0.1) is 0 Å². The average Bonchev–Trinajstić information content (AvgIpc) is 2.67. The van der Waals surface area contributed by atoms with E-state index < -0.39 is 6.10 Å². The number of nitrogens with one attached hydrogen (secondary N) is 1. The van der Waals surface area contributed by atoms with Crippen molar-refractivity contribution in [2.24, 2.45) is 0 Å². The number of hydrogen-bond donors (Lipinski definition) is 1. The summed E-state index contributed by atoms with van der Waals surface area (Å²) < 4.78 is 11.8. The fourth-order valence-electron chi connectivity index (χ4n) is 3.09. The van der Waals surface area contributed by atoms with Crippen molar-refractivity contribution >= 4 is 11.6 Å². The first kappa shape index (κ1) is 19.2. The first-order valence-corrected chi connectivity index (χ1v) is 9.49. The molecule has 0 bridgehead atoms. The van der Waals surface area contributed by atoms with Crippen LogP contribution in [0, 0.1) is 6.92 Å². The molecule has 1 N–H and O–H groups in total. The third-order valence-electron chi connectivity index (χ3n) is 4.86. The van der Waals surface area contributed by atoms with Crippen LogP contribution >= 0.6 is 0 Å². The minimum Gasteiger partial charge on any atom is -0.490 e. The van der Waals surface area contributed by atoms with Gasteiger partial charge in [-0.15, -0.1) is 0 Å². The average molecular weight is 368 g/mol. The Morgan fingerprint density at radius 3 is 2.44 bits per heavy atom. The van der Waals surface area contributed by atoms with Crippen molar-refractivity contribution in [2.75, 3.05) is 25.5 Å². The zero-order valence-corrected chi connectivity index (χ0v) is 16.3. The first-order valence-electron chi connectivity index (χ1n) is 9.49. The summed E-state index contributed by atoms with van der Waals surface area (Å²) in [6.45, 7) is 5.84. The van der Waals surface area contributed by atoms with Crippen molar-refractivity contribution in [1.29, 1.82) is 0 Å². The molecule has 27 heavy (non-hydrogen) atoms. The predicted molar refractivity (Wildman–Crippen MR) is 107 cm³/mol. The van der Waals surface area contributed by atoms with Crippen molar-refractivity contribution < 1.29 is 14.3 Å². The minimum atomic E-state index is -0.582. The third-order valence-corrected chi connectivity index (χ3v) is 4.86. The van der Waals surface area contributed by atoms with Crippen molar-refractivity contribution in [3.8, 4) is 11.5 Å². The number of para-hydroxylation sites is 1. The lowest BCUT2D eigenvalue weighted by Gasteiger charge is -2.29. The van der Waals surface area contributed by atoms with E-state index in [9.17, 15) is 4.79 Å². The number of ether oxygens (including phenoxy) is 2. The molecule has 0 radical (unpaired) electrons. The van der Waals surface area contributed by atoms with E-state index in [0.717, 1.165) is 48.7 Å². The second-order valence-corrected chi connectivity index (χ2v) is 7.16. The summed E-state index contributed by atoms with van der Waals surface area (Å²) >= 11 is 0. The molecular weight excluding hydrogens is 340 g/mol. The van der Waals surface area contributed by atoms with Crippen LogP contribution in [0.1, 0.15) is 25.3 Å². The molecule has 5 nitrogen and oxygen atoms in total. The Hall–Kier alpha value is -2.53. The molecular formula is C22H28N2O3. The van der Waals surface area contributed by atoms with Crippen molar-refractivity contribution in [2.45, 2.75) is 38.9 Å². The molecule has 0 aromatic heterocycles. The normalized spacial score (nSPS) is 16.6. The number of likely N-dealkylation sites (tertiary alicyclic amines) is 1. The van der Waals surface area contributed by atoms with Crippen LogP contribution in [0.3, 0.4) is 0 Å². The first-order chi connectivity index (χ1) is 13.0. The number of aryl methyl sites for hydroxylation is 1. The molecule has 0 spiro atoms. The van der Waals surface area contributed by atoms with E-state index in [1.165, 1.54) is 0 Å². The molecule has 1 fully saturated rings. The molecule has 0 saturated carbocycles. The Balaban J connectivity index is 1.51. The molecule has 1 atom stereocenters. The molecule has 1 aliphatic heterocycles. The van der Waals surface area contributed by atoms with E-state index in [2.05, 4.69) is 17.3 Å². The Bertz CT molecular complexity index is 752. The summed E-state index contributed by atoms with van der Waals surface area (Å²) in [4.78, 5) is 14.7. The lowest BCUT2D eigenvalue weighted by molar-refractivity contribution is -0.122. The van der Waals surface area contributed by atoms with Crippen molar-refractivity contribution in [1.82, 2.24) is 4.90 Å². The summed E-state index contributed by atoms with van der Waals surface area (Å²) in [6, 6.07) is 15.2. The molecule has 1 heterocycles. The standard InChI is InChI=1S/C22H28N2O3/c1-16-6-4-5-7-21(16)26-17(2)22(25)23-18-8-10-19(11-9-18)27-20-12-14-24(3)15-13-20/h4-11,17,20H,12-15H2,1-3H3,(H,23,25)/t17-/m0/s1. The molecule has 0 unspecified atom stereocenters. The van der Waals surface area contributed by atoms with Gasteiger partial charge in [-0.25, -0.2) is 0 Å². The lowest BCUT2D eigenvalue weighted by Crippen LogP contribution is -2.35. The number of rotatable bonds is 6. The monoisotopic (exact) mass is 368 g/mol. The van der Waals surface area contributed by atoms with Crippen LogP contribution in [0.15, 0.2) is 48.5 Å². The molecule has 144 valence electrons. The van der Waals surface area contributed by atoms with Crippen LogP contribution in [0.5, 0.6) is 11.5 Å². The van der Waals surface area contributed by atoms with Gasteiger partial charge in [0.2, 0.25) is 0 Å². The molecule has 1 aliphatic rings. The number of piperidine rings is 1. The summed E-state index contributed by atoms with van der Waals surface area (Å²) in [7, 11) is 2.14. The Morgan fingerprint density at radius 2 is 1.78 bits per heavy atom. The van der Waals surface area contributed by atoms with E-state index in [-0.39, 0.29) is 12.0 Å². The van der Waals surface area contributed by atoms with Gasteiger partial charge in [-0.2, -0.15) is 0 Å². The van der Waals surface area contributed by atoms with Crippen LogP contribution in [-0.4, -0.2) is 43.2 Å². The molecule has 5 heteroatoms. The number of carbonyl (C=O) groups is 1. The summed E-state index contributed by atoms with van der Waals surface area (Å²) in [6.07, 6.45) is 1.77. The van der Waals surface area contributed by atoms with Gasteiger partial charge < -0.3 is 19.7 Å². The molecule has 3 rings (SSSR count). The summed E-state index contributed by atoms with van der Waals surface area (Å²) in [5.74, 6) is 1.39. The van der Waals surface area contributed by atoms with E-state index >= 15 is 0 Å². The summed E-state index contributed by atoms with van der Waals surface area (Å²) in [5, 5.41) is 2.89. The van der Waals surface area contributed by atoms with Crippen molar-refractivity contribution in [3.63, 3.8) is 0 Å². The van der Waals surface area contributed by atoms with Crippen LogP contribution in [0.4, 0.5) is 5.69 Å². The van der Waals surface area contributed by atoms with Gasteiger partial charge in [0.1, 0.15) is 17.6 Å². The van der Waals surface area contributed by atoms with E-state index in [1.807, 2.05) is 55.5 Å². The maximum Gasteiger partial charge on any atom is 0.265 e. The van der Waals surface area contributed by atoms with Gasteiger partial charge in [0, 0.05) is 18.8 Å². The highest BCUT2D eigenvalue weighted by Gasteiger charge is 2.18. The number of amides is 1. The van der Waals surface area contributed by atoms with Crippen LogP contribution in [0.25, 0.3) is 0 Å². The Morgan fingerprint density at radius 1 is 1.11 bits per heavy atom. The molecule has 1 amide bonds. The van der Waals surface area contributed by atoms with Crippen LogP contribution < -0.4 is 14.8 Å². The van der Waals surface area contributed by atoms with Gasteiger partial charge in [0.25, 0.3) is 5.91 Å². The van der Waals surface area contributed by atoms with Gasteiger partial charge in [0.15, 0.2) is 6.10 Å². The maximum absolute atomic E-state index is 12.4. The smallest absolute Gasteiger partial charge is 0.265 e. The molecule has 0 aliphatic carbocycles. The Kier molecular flexibility index (Phi) is 6.35. The SMILES string of the molecule is Cc1ccccc1O[C@@H](C)C(=O)Nc1ccc(OC2CCN(C)CC2)cc1. The zero-order chi connectivity index (χ0) is 19.2. The van der Waals surface area contributed by atoms with E-state index in [1.54, 1.807) is 6.92 Å². The predicted octanol–water partition coefficient (Wildman–Crippen LogP) is 3.87. The number of hydrogen-bond acceptors (Lipinski definition) is 4. The maximum atomic E-state index is 12.4.